The highest BCUT2D eigenvalue weighted by molar-refractivity contribution is 7.07. The number of thiophene rings is 1. The molecule has 1 aromatic heterocycles. The van der Waals surface area contributed by atoms with E-state index in [-0.39, 0.29) is 17.8 Å². The Morgan fingerprint density at radius 1 is 1.43 bits per heavy atom. The molecular weight excluding hydrogens is 286 g/mol. The Kier molecular flexibility index (Phi) is 4.22. The minimum atomic E-state index is -0.0295. The Hall–Kier alpha value is -1.85. The number of aromatic hydroxyl groups is 1. The zero-order valence-corrected chi connectivity index (χ0v) is 12.4. The van der Waals surface area contributed by atoms with E-state index in [9.17, 15) is 9.90 Å². The van der Waals surface area contributed by atoms with E-state index in [2.05, 4.69) is 5.38 Å². The van der Waals surface area contributed by atoms with Gasteiger partial charge in [-0.3, -0.25) is 4.79 Å². The summed E-state index contributed by atoms with van der Waals surface area (Å²) in [7, 11) is 0. The van der Waals surface area contributed by atoms with Crippen molar-refractivity contribution in [1.82, 2.24) is 4.90 Å². The maximum absolute atomic E-state index is 12.4. The van der Waals surface area contributed by atoms with Gasteiger partial charge < -0.3 is 14.7 Å². The van der Waals surface area contributed by atoms with E-state index < -0.39 is 0 Å². The second-order valence-electron chi connectivity index (χ2n) is 5.10. The Bertz CT molecular complexity index is 612. The van der Waals surface area contributed by atoms with Crippen LogP contribution in [0.4, 0.5) is 0 Å². The number of phenols is 1. The molecule has 1 saturated heterocycles. The van der Waals surface area contributed by atoms with Crippen molar-refractivity contribution in [2.24, 2.45) is 0 Å². The third-order valence-corrected chi connectivity index (χ3v) is 4.30. The van der Waals surface area contributed by atoms with Gasteiger partial charge in [0.25, 0.3) is 0 Å². The van der Waals surface area contributed by atoms with E-state index in [0.717, 1.165) is 11.1 Å². The molecule has 0 aliphatic carbocycles. The molecular formula is C16H17NO3S. The summed E-state index contributed by atoms with van der Waals surface area (Å²) in [5, 5.41) is 13.5. The summed E-state index contributed by atoms with van der Waals surface area (Å²) in [6.45, 7) is 1.78. The largest absolute Gasteiger partial charge is 0.508 e. The molecule has 2 aromatic rings. The molecule has 0 spiro atoms. The van der Waals surface area contributed by atoms with Crippen LogP contribution in [0.3, 0.4) is 0 Å². The highest BCUT2D eigenvalue weighted by Crippen LogP contribution is 2.24. The molecule has 110 valence electrons. The molecule has 1 amide bonds. The Morgan fingerprint density at radius 2 is 2.33 bits per heavy atom. The molecule has 1 atom stereocenters. The molecule has 0 radical (unpaired) electrons. The Balaban J connectivity index is 1.64. The predicted molar refractivity (Wildman–Crippen MR) is 81.4 cm³/mol. The highest BCUT2D eigenvalue weighted by Gasteiger charge is 2.25. The van der Waals surface area contributed by atoms with E-state index in [1.54, 1.807) is 29.5 Å². The first-order chi connectivity index (χ1) is 10.2. The van der Waals surface area contributed by atoms with Crippen molar-refractivity contribution in [3.05, 3.63) is 52.2 Å². The van der Waals surface area contributed by atoms with E-state index in [1.165, 1.54) is 0 Å². The molecule has 1 aliphatic rings. The number of ether oxygens (including phenoxy) is 1. The standard InChI is InChI=1S/C16H17NO3S/c18-14-3-1-2-12(8-14)9-16(19)17-5-6-20-15(10-17)13-4-7-21-11-13/h1-4,7-8,11,15,18H,5-6,9-10H2/t15-/m1/s1. The molecule has 1 N–H and O–H groups in total. The van der Waals surface area contributed by atoms with Gasteiger partial charge in [-0.2, -0.15) is 11.3 Å². The summed E-state index contributed by atoms with van der Waals surface area (Å²) in [5.74, 6) is 0.266. The summed E-state index contributed by atoms with van der Waals surface area (Å²) in [4.78, 5) is 14.2. The van der Waals surface area contributed by atoms with Gasteiger partial charge in [0.1, 0.15) is 11.9 Å². The van der Waals surface area contributed by atoms with Gasteiger partial charge in [0.15, 0.2) is 0 Å². The zero-order valence-electron chi connectivity index (χ0n) is 11.6. The molecule has 1 fully saturated rings. The number of nitrogens with zero attached hydrogens (tertiary/aromatic N) is 1. The van der Waals surface area contributed by atoms with Crippen LogP contribution in [0.25, 0.3) is 0 Å². The molecule has 1 aliphatic heterocycles. The summed E-state index contributed by atoms with van der Waals surface area (Å²) >= 11 is 1.64. The maximum atomic E-state index is 12.4. The molecule has 0 saturated carbocycles. The van der Waals surface area contributed by atoms with Crippen molar-refractivity contribution in [2.75, 3.05) is 19.7 Å². The van der Waals surface area contributed by atoms with Crippen molar-refractivity contribution in [3.8, 4) is 5.75 Å². The van der Waals surface area contributed by atoms with Crippen molar-refractivity contribution >= 4 is 17.2 Å². The van der Waals surface area contributed by atoms with Gasteiger partial charge in [0, 0.05) is 6.54 Å². The zero-order chi connectivity index (χ0) is 14.7. The van der Waals surface area contributed by atoms with Gasteiger partial charge >= 0.3 is 0 Å². The minimum absolute atomic E-state index is 0.0295. The van der Waals surface area contributed by atoms with E-state index >= 15 is 0 Å². The normalized spacial score (nSPS) is 18.7. The third-order valence-electron chi connectivity index (χ3n) is 3.60. The van der Waals surface area contributed by atoms with Gasteiger partial charge in [0.05, 0.1) is 19.6 Å². The fraction of sp³-hybridized carbons (Fsp3) is 0.312. The van der Waals surface area contributed by atoms with Crippen molar-refractivity contribution in [1.29, 1.82) is 0 Å². The fourth-order valence-electron chi connectivity index (χ4n) is 2.49. The lowest BCUT2D eigenvalue weighted by Gasteiger charge is -2.33. The number of morpholine rings is 1. The molecule has 0 unspecified atom stereocenters. The van der Waals surface area contributed by atoms with Gasteiger partial charge in [-0.15, -0.1) is 0 Å². The number of phenolic OH excluding ortho intramolecular Hbond substituents is 1. The number of carbonyl (C=O) groups is 1. The SMILES string of the molecule is O=C(Cc1cccc(O)c1)N1CCO[C@@H](c2ccsc2)C1. The summed E-state index contributed by atoms with van der Waals surface area (Å²) in [6.07, 6.45) is 0.281. The lowest BCUT2D eigenvalue weighted by molar-refractivity contribution is -0.138. The molecule has 3 rings (SSSR count). The van der Waals surface area contributed by atoms with Crippen molar-refractivity contribution < 1.29 is 14.6 Å². The Labute approximate surface area is 127 Å². The second kappa shape index (κ2) is 6.28. The van der Waals surface area contributed by atoms with E-state index in [1.807, 2.05) is 22.4 Å². The van der Waals surface area contributed by atoms with Gasteiger partial charge in [0.2, 0.25) is 5.91 Å². The number of hydrogen-bond acceptors (Lipinski definition) is 4. The smallest absolute Gasteiger partial charge is 0.227 e. The van der Waals surface area contributed by atoms with Gasteiger partial charge in [-0.05, 0) is 40.1 Å². The van der Waals surface area contributed by atoms with Crippen LogP contribution in [0.5, 0.6) is 5.75 Å². The van der Waals surface area contributed by atoms with Crippen LogP contribution in [0.1, 0.15) is 17.2 Å². The summed E-state index contributed by atoms with van der Waals surface area (Å²) in [6, 6.07) is 8.89. The average Bonchev–Trinajstić information content (AvgIpc) is 3.02. The molecule has 4 nitrogen and oxygen atoms in total. The first kappa shape index (κ1) is 14.1. The number of amides is 1. The second-order valence-corrected chi connectivity index (χ2v) is 5.88. The van der Waals surface area contributed by atoms with Gasteiger partial charge in [-0.25, -0.2) is 0 Å². The first-order valence-electron chi connectivity index (χ1n) is 6.92. The number of hydrogen-bond donors (Lipinski definition) is 1. The van der Waals surface area contributed by atoms with E-state index in [0.29, 0.717) is 26.1 Å². The van der Waals surface area contributed by atoms with Crippen LogP contribution in [0.15, 0.2) is 41.1 Å². The lowest BCUT2D eigenvalue weighted by atomic mass is 10.1. The van der Waals surface area contributed by atoms with Gasteiger partial charge in [-0.1, -0.05) is 12.1 Å². The summed E-state index contributed by atoms with van der Waals surface area (Å²) in [5.41, 5.74) is 1.97. The maximum Gasteiger partial charge on any atom is 0.227 e. The van der Waals surface area contributed by atoms with Crippen molar-refractivity contribution in [3.63, 3.8) is 0 Å². The average molecular weight is 303 g/mol. The minimum Gasteiger partial charge on any atom is -0.508 e. The molecule has 0 bridgehead atoms. The van der Waals surface area contributed by atoms with Crippen LogP contribution in [-0.4, -0.2) is 35.6 Å². The quantitative estimate of drug-likeness (QED) is 0.948. The molecule has 21 heavy (non-hydrogen) atoms. The third kappa shape index (κ3) is 3.43. The number of rotatable bonds is 3. The fourth-order valence-corrected chi connectivity index (χ4v) is 3.19. The highest BCUT2D eigenvalue weighted by atomic mass is 32.1. The molecule has 2 heterocycles. The number of benzene rings is 1. The lowest BCUT2D eigenvalue weighted by Crippen LogP contribution is -2.42. The van der Waals surface area contributed by atoms with Crippen LogP contribution in [-0.2, 0) is 16.0 Å². The van der Waals surface area contributed by atoms with Crippen LogP contribution in [0, 0.1) is 0 Å². The van der Waals surface area contributed by atoms with Crippen LogP contribution >= 0.6 is 11.3 Å². The van der Waals surface area contributed by atoms with Crippen LogP contribution in [0.2, 0.25) is 0 Å². The Morgan fingerprint density at radius 3 is 3.10 bits per heavy atom. The van der Waals surface area contributed by atoms with Crippen molar-refractivity contribution in [2.45, 2.75) is 12.5 Å². The predicted octanol–water partition coefficient (Wildman–Crippen LogP) is 2.60. The first-order valence-corrected chi connectivity index (χ1v) is 7.86. The van der Waals surface area contributed by atoms with Crippen LogP contribution < -0.4 is 0 Å². The summed E-state index contributed by atoms with van der Waals surface area (Å²) < 4.78 is 5.74. The van der Waals surface area contributed by atoms with E-state index in [4.69, 9.17) is 4.74 Å². The molecule has 5 heteroatoms. The monoisotopic (exact) mass is 303 g/mol. The molecule has 1 aromatic carbocycles. The topological polar surface area (TPSA) is 49.8 Å². The number of carbonyl (C=O) groups excluding carboxylic acids is 1.